The number of aryl methyl sites for hydroxylation is 1. The number of aromatic nitrogens is 3. The SMILES string of the molecule is COc1cc2c(cc1C(C(C)=O)=C(C)N)[nH]c1nc(C)nc(-c3cc(C(=O)O)cc(C(C)(C)C)c3)c12. The van der Waals surface area contributed by atoms with E-state index in [0.29, 0.717) is 45.3 Å². The predicted molar refractivity (Wildman–Crippen MR) is 141 cm³/mol. The largest absolute Gasteiger partial charge is 0.496 e. The highest BCUT2D eigenvalue weighted by Gasteiger charge is 2.23. The van der Waals surface area contributed by atoms with Gasteiger partial charge in [0.1, 0.15) is 17.2 Å². The summed E-state index contributed by atoms with van der Waals surface area (Å²) >= 11 is 0. The normalized spacial score (nSPS) is 12.6. The fourth-order valence-corrected chi connectivity index (χ4v) is 4.51. The molecule has 186 valence electrons. The van der Waals surface area contributed by atoms with Gasteiger partial charge in [-0.1, -0.05) is 20.8 Å². The van der Waals surface area contributed by atoms with Crippen molar-refractivity contribution in [1.82, 2.24) is 15.0 Å². The fraction of sp³-hybridized carbons (Fsp3) is 0.286. The van der Waals surface area contributed by atoms with Gasteiger partial charge < -0.3 is 20.6 Å². The number of nitrogens with two attached hydrogens (primary N) is 1. The highest BCUT2D eigenvalue weighted by atomic mass is 16.5. The second-order valence-corrected chi connectivity index (χ2v) is 10.0. The smallest absolute Gasteiger partial charge is 0.335 e. The zero-order valence-electron chi connectivity index (χ0n) is 21.5. The van der Waals surface area contributed by atoms with Crippen molar-refractivity contribution < 1.29 is 19.4 Å². The number of allylic oxidation sites excluding steroid dienone is 2. The molecular formula is C28H30N4O4. The van der Waals surface area contributed by atoms with Crippen LogP contribution in [0.4, 0.5) is 0 Å². The summed E-state index contributed by atoms with van der Waals surface area (Å²) in [6, 6.07) is 8.98. The highest BCUT2D eigenvalue weighted by Crippen LogP contribution is 2.39. The Morgan fingerprint density at radius 3 is 2.31 bits per heavy atom. The fourth-order valence-electron chi connectivity index (χ4n) is 4.51. The molecule has 0 fully saturated rings. The molecule has 0 aliphatic rings. The number of carbonyl (C=O) groups excluding carboxylic acids is 1. The van der Waals surface area contributed by atoms with E-state index in [1.807, 2.05) is 39.0 Å². The van der Waals surface area contributed by atoms with E-state index < -0.39 is 5.97 Å². The van der Waals surface area contributed by atoms with Crippen molar-refractivity contribution in [3.8, 4) is 17.0 Å². The van der Waals surface area contributed by atoms with Gasteiger partial charge in [-0.3, -0.25) is 4.79 Å². The van der Waals surface area contributed by atoms with Crippen molar-refractivity contribution in [1.29, 1.82) is 0 Å². The summed E-state index contributed by atoms with van der Waals surface area (Å²) in [5, 5.41) is 11.3. The highest BCUT2D eigenvalue weighted by molar-refractivity contribution is 6.22. The first-order valence-electron chi connectivity index (χ1n) is 11.6. The molecule has 2 aromatic carbocycles. The Balaban J connectivity index is 2.11. The first-order chi connectivity index (χ1) is 16.8. The van der Waals surface area contributed by atoms with E-state index in [4.69, 9.17) is 15.5 Å². The summed E-state index contributed by atoms with van der Waals surface area (Å²) in [6.07, 6.45) is 0. The van der Waals surface area contributed by atoms with E-state index in [-0.39, 0.29) is 16.8 Å². The number of carboxylic acids is 1. The van der Waals surface area contributed by atoms with Crippen LogP contribution in [0.5, 0.6) is 5.75 Å². The number of ether oxygens (including phenoxy) is 1. The van der Waals surface area contributed by atoms with Crippen LogP contribution in [0.3, 0.4) is 0 Å². The Bertz CT molecular complexity index is 1590. The minimum absolute atomic E-state index is 0.166. The third kappa shape index (κ3) is 4.30. The number of hydrogen-bond donors (Lipinski definition) is 3. The number of aromatic carboxylic acids is 1. The van der Waals surface area contributed by atoms with Crippen LogP contribution in [0.2, 0.25) is 0 Å². The number of ketones is 1. The van der Waals surface area contributed by atoms with Gasteiger partial charge in [0.05, 0.1) is 23.8 Å². The number of nitrogens with one attached hydrogen (secondary N) is 1. The molecule has 0 spiro atoms. The van der Waals surface area contributed by atoms with Crippen LogP contribution in [0.1, 0.15) is 61.9 Å². The van der Waals surface area contributed by atoms with E-state index in [9.17, 15) is 14.7 Å². The number of Topliss-reactive ketones (excluding diaryl/α,β-unsaturated/α-hetero) is 1. The van der Waals surface area contributed by atoms with Gasteiger partial charge in [-0.15, -0.1) is 0 Å². The van der Waals surface area contributed by atoms with Crippen molar-refractivity contribution in [2.75, 3.05) is 7.11 Å². The number of benzene rings is 2. The Hall–Kier alpha value is -4.20. The molecule has 4 aromatic rings. The zero-order valence-corrected chi connectivity index (χ0v) is 21.5. The molecule has 0 aliphatic carbocycles. The van der Waals surface area contributed by atoms with Crippen LogP contribution >= 0.6 is 0 Å². The molecule has 2 aromatic heterocycles. The van der Waals surface area contributed by atoms with Crippen LogP contribution in [-0.2, 0) is 10.2 Å². The summed E-state index contributed by atoms with van der Waals surface area (Å²) in [5.41, 5.74) is 10.8. The summed E-state index contributed by atoms with van der Waals surface area (Å²) < 4.78 is 5.66. The lowest BCUT2D eigenvalue weighted by Crippen LogP contribution is -2.13. The minimum atomic E-state index is -1.00. The van der Waals surface area contributed by atoms with Gasteiger partial charge in [0, 0.05) is 33.3 Å². The lowest BCUT2D eigenvalue weighted by molar-refractivity contribution is -0.111. The van der Waals surface area contributed by atoms with Crippen molar-refractivity contribution in [2.24, 2.45) is 5.73 Å². The van der Waals surface area contributed by atoms with Crippen LogP contribution in [0.15, 0.2) is 36.0 Å². The van der Waals surface area contributed by atoms with Crippen molar-refractivity contribution in [3.05, 3.63) is 58.5 Å². The molecule has 0 amide bonds. The lowest BCUT2D eigenvalue weighted by atomic mass is 9.84. The topological polar surface area (TPSA) is 131 Å². The number of nitrogens with zero attached hydrogens (tertiary/aromatic N) is 2. The molecule has 0 radical (unpaired) electrons. The van der Waals surface area contributed by atoms with E-state index >= 15 is 0 Å². The molecule has 0 saturated carbocycles. The minimum Gasteiger partial charge on any atom is -0.496 e. The number of methoxy groups -OCH3 is 1. The zero-order chi connectivity index (χ0) is 26.5. The quantitative estimate of drug-likeness (QED) is 0.323. The average Bonchev–Trinajstić information content (AvgIpc) is 3.13. The third-order valence-corrected chi connectivity index (χ3v) is 6.22. The van der Waals surface area contributed by atoms with Crippen molar-refractivity contribution in [2.45, 2.75) is 47.0 Å². The van der Waals surface area contributed by atoms with Gasteiger partial charge >= 0.3 is 5.97 Å². The summed E-state index contributed by atoms with van der Waals surface area (Å²) in [4.78, 5) is 37.0. The van der Waals surface area contributed by atoms with Gasteiger partial charge in [-0.2, -0.15) is 0 Å². The maximum atomic E-state index is 12.4. The van der Waals surface area contributed by atoms with E-state index in [2.05, 4.69) is 9.97 Å². The number of hydrogen-bond acceptors (Lipinski definition) is 6. The molecule has 4 rings (SSSR count). The molecule has 8 heteroatoms. The molecule has 2 heterocycles. The Labute approximate surface area is 209 Å². The lowest BCUT2D eigenvalue weighted by Gasteiger charge is -2.21. The summed E-state index contributed by atoms with van der Waals surface area (Å²) in [5.74, 6) is -0.147. The molecular weight excluding hydrogens is 456 g/mol. The Morgan fingerprint density at radius 1 is 1.06 bits per heavy atom. The van der Waals surface area contributed by atoms with Crippen molar-refractivity contribution in [3.63, 3.8) is 0 Å². The molecule has 0 atom stereocenters. The maximum absolute atomic E-state index is 12.4. The second kappa shape index (κ2) is 8.78. The number of carbonyl (C=O) groups is 2. The predicted octanol–water partition coefficient (Wildman–Crippen LogP) is 5.37. The Kier molecular flexibility index (Phi) is 6.08. The first kappa shape index (κ1) is 24.9. The van der Waals surface area contributed by atoms with E-state index in [0.717, 1.165) is 21.9 Å². The Morgan fingerprint density at radius 2 is 1.75 bits per heavy atom. The third-order valence-electron chi connectivity index (χ3n) is 6.22. The molecule has 4 N–H and O–H groups in total. The number of aromatic amines is 1. The maximum Gasteiger partial charge on any atom is 0.335 e. The summed E-state index contributed by atoms with van der Waals surface area (Å²) in [6.45, 7) is 11.1. The first-order valence-corrected chi connectivity index (χ1v) is 11.6. The average molecular weight is 487 g/mol. The van der Waals surface area contributed by atoms with E-state index in [1.54, 1.807) is 26.0 Å². The monoisotopic (exact) mass is 486 g/mol. The van der Waals surface area contributed by atoms with Gasteiger partial charge in [0.2, 0.25) is 0 Å². The van der Waals surface area contributed by atoms with Crippen LogP contribution in [-0.4, -0.2) is 38.9 Å². The standard InChI is InChI=1S/C28H30N4O4/c1-13(29)23(14(2)33)20-11-21-19(12-22(20)36-7)24-25(30-15(3)31-26(24)32-21)16-8-17(27(34)35)10-18(9-16)28(4,5)6/h8-12H,29H2,1-7H3,(H,34,35)(H,30,31,32). The summed E-state index contributed by atoms with van der Waals surface area (Å²) in [7, 11) is 1.54. The van der Waals surface area contributed by atoms with E-state index in [1.165, 1.54) is 14.0 Å². The molecule has 0 aliphatic heterocycles. The van der Waals surface area contributed by atoms with Gasteiger partial charge in [0.25, 0.3) is 0 Å². The molecule has 0 saturated heterocycles. The molecule has 0 bridgehead atoms. The molecule has 36 heavy (non-hydrogen) atoms. The van der Waals surface area contributed by atoms with Gasteiger partial charge in [-0.25, -0.2) is 14.8 Å². The van der Waals surface area contributed by atoms with Crippen LogP contribution in [0.25, 0.3) is 38.8 Å². The van der Waals surface area contributed by atoms with Crippen molar-refractivity contribution >= 4 is 39.3 Å². The number of rotatable bonds is 5. The molecule has 8 nitrogen and oxygen atoms in total. The van der Waals surface area contributed by atoms with Gasteiger partial charge in [0.15, 0.2) is 5.78 Å². The number of carboxylic acid groups (broad SMARTS) is 1. The van der Waals surface area contributed by atoms with Crippen LogP contribution in [0, 0.1) is 6.92 Å². The van der Waals surface area contributed by atoms with Gasteiger partial charge in [-0.05, 0) is 62.1 Å². The molecule has 0 unspecified atom stereocenters. The number of H-pyrrole nitrogens is 1. The van der Waals surface area contributed by atoms with Crippen LogP contribution < -0.4 is 10.5 Å². The second-order valence-electron chi connectivity index (χ2n) is 10.0. The number of fused-ring (bicyclic) bond motifs is 3.